The first kappa shape index (κ1) is 17.9. The van der Waals surface area contributed by atoms with Gasteiger partial charge in [-0.15, -0.1) is 0 Å². The Kier molecular flexibility index (Phi) is 5.32. The minimum Gasteiger partial charge on any atom is -0.360 e. The molecule has 2 saturated carbocycles. The molecule has 27 heavy (non-hydrogen) atoms. The molecule has 6 heteroatoms. The Hall–Kier alpha value is -2.50. The lowest BCUT2D eigenvalue weighted by Gasteiger charge is -2.29. The number of pyridine rings is 1. The average molecular weight is 367 g/mol. The van der Waals surface area contributed by atoms with Gasteiger partial charge in [-0.25, -0.2) is 0 Å². The molecule has 2 fully saturated rings. The van der Waals surface area contributed by atoms with Crippen LogP contribution in [0.25, 0.3) is 0 Å². The van der Waals surface area contributed by atoms with Crippen LogP contribution in [0.3, 0.4) is 0 Å². The monoisotopic (exact) mass is 367 g/mol. The van der Waals surface area contributed by atoms with Crippen LogP contribution in [-0.4, -0.2) is 27.9 Å². The smallest absolute Gasteiger partial charge is 0.274 e. The number of Topliss-reactive ketones (excluding diaryl/α,β-unsaturated/α-hetero) is 1. The van der Waals surface area contributed by atoms with Crippen LogP contribution in [-0.2, 0) is 11.2 Å². The fraction of sp³-hybridized carbons (Fsp3) is 0.524. The maximum Gasteiger partial charge on any atom is 0.274 e. The van der Waals surface area contributed by atoms with E-state index < -0.39 is 6.04 Å². The van der Waals surface area contributed by atoms with E-state index >= 15 is 0 Å². The molecule has 2 aliphatic carbocycles. The summed E-state index contributed by atoms with van der Waals surface area (Å²) < 4.78 is 5.29. The number of hydrogen-bond acceptors (Lipinski definition) is 5. The molecule has 4 rings (SSSR count). The summed E-state index contributed by atoms with van der Waals surface area (Å²) in [6.07, 6.45) is 11.2. The summed E-state index contributed by atoms with van der Waals surface area (Å²) in [4.78, 5) is 29.8. The van der Waals surface area contributed by atoms with E-state index in [1.165, 1.54) is 6.42 Å². The second-order valence-electron chi connectivity index (χ2n) is 7.74. The van der Waals surface area contributed by atoms with Crippen molar-refractivity contribution in [3.05, 3.63) is 47.6 Å². The molecular formula is C21H25N3O3. The average Bonchev–Trinajstić information content (AvgIpc) is 3.44. The fourth-order valence-electron chi connectivity index (χ4n) is 3.91. The van der Waals surface area contributed by atoms with Crippen LogP contribution in [0.2, 0.25) is 0 Å². The van der Waals surface area contributed by atoms with E-state index in [1.54, 1.807) is 18.5 Å². The van der Waals surface area contributed by atoms with Gasteiger partial charge in [-0.2, -0.15) is 0 Å². The Morgan fingerprint density at radius 2 is 2.00 bits per heavy atom. The molecule has 1 N–H and O–H groups in total. The molecule has 6 nitrogen and oxygen atoms in total. The molecule has 2 heterocycles. The van der Waals surface area contributed by atoms with Crippen molar-refractivity contribution < 1.29 is 14.1 Å². The lowest BCUT2D eigenvalue weighted by molar-refractivity contribution is -0.121. The molecule has 0 bridgehead atoms. The first-order valence-corrected chi connectivity index (χ1v) is 9.90. The summed E-state index contributed by atoms with van der Waals surface area (Å²) in [5, 5.41) is 6.87. The number of rotatable bonds is 7. The van der Waals surface area contributed by atoms with Crippen molar-refractivity contribution >= 4 is 11.7 Å². The summed E-state index contributed by atoms with van der Waals surface area (Å²) in [6.45, 7) is 0. The van der Waals surface area contributed by atoms with Crippen LogP contribution >= 0.6 is 0 Å². The van der Waals surface area contributed by atoms with Gasteiger partial charge in [0.1, 0.15) is 5.76 Å². The van der Waals surface area contributed by atoms with E-state index in [1.807, 2.05) is 12.1 Å². The van der Waals surface area contributed by atoms with E-state index in [9.17, 15) is 9.59 Å². The number of ketones is 1. The molecule has 1 unspecified atom stereocenters. The third-order valence-electron chi connectivity index (χ3n) is 5.60. The van der Waals surface area contributed by atoms with Crippen molar-refractivity contribution in [2.24, 2.45) is 5.92 Å². The summed E-state index contributed by atoms with van der Waals surface area (Å²) in [5.41, 5.74) is 1.14. The molecule has 0 radical (unpaired) electrons. The van der Waals surface area contributed by atoms with E-state index in [0.717, 1.165) is 49.8 Å². The van der Waals surface area contributed by atoms with Gasteiger partial charge in [0.2, 0.25) is 0 Å². The highest BCUT2D eigenvalue weighted by molar-refractivity contribution is 5.97. The summed E-state index contributed by atoms with van der Waals surface area (Å²) in [7, 11) is 0. The van der Waals surface area contributed by atoms with E-state index in [4.69, 9.17) is 4.52 Å². The number of carbonyl (C=O) groups excluding carboxylic acids is 2. The Morgan fingerprint density at radius 1 is 1.19 bits per heavy atom. The van der Waals surface area contributed by atoms with Gasteiger partial charge >= 0.3 is 0 Å². The second-order valence-corrected chi connectivity index (χ2v) is 7.74. The van der Waals surface area contributed by atoms with Crippen LogP contribution in [0, 0.1) is 5.92 Å². The van der Waals surface area contributed by atoms with Gasteiger partial charge in [0.25, 0.3) is 5.91 Å². The lowest BCUT2D eigenvalue weighted by Crippen LogP contribution is -2.47. The zero-order valence-electron chi connectivity index (χ0n) is 15.4. The number of carbonyl (C=O) groups is 2. The van der Waals surface area contributed by atoms with Crippen LogP contribution in [0.5, 0.6) is 0 Å². The number of nitrogens with one attached hydrogen (secondary N) is 1. The van der Waals surface area contributed by atoms with Gasteiger partial charge in [-0.05, 0) is 43.2 Å². The van der Waals surface area contributed by atoms with E-state index in [-0.39, 0.29) is 29.7 Å². The van der Waals surface area contributed by atoms with Crippen LogP contribution in [0.15, 0.2) is 35.1 Å². The molecule has 2 aromatic heterocycles. The van der Waals surface area contributed by atoms with Crippen LogP contribution in [0.1, 0.15) is 72.7 Å². The van der Waals surface area contributed by atoms with Crippen molar-refractivity contribution in [2.45, 2.75) is 63.3 Å². The zero-order valence-corrected chi connectivity index (χ0v) is 15.4. The zero-order chi connectivity index (χ0) is 18.6. The van der Waals surface area contributed by atoms with Gasteiger partial charge in [0.15, 0.2) is 11.5 Å². The van der Waals surface area contributed by atoms with Crippen molar-refractivity contribution in [1.29, 1.82) is 0 Å². The second kappa shape index (κ2) is 8.03. The summed E-state index contributed by atoms with van der Waals surface area (Å²) in [5.74, 6) is 1.08. The Labute approximate surface area is 158 Å². The summed E-state index contributed by atoms with van der Waals surface area (Å²) in [6, 6.07) is 4.95. The SMILES string of the molecule is O=C(NC(C(=O)Cc1cccnc1)C1CCCCC1)c1cc(C2CC2)on1. The van der Waals surface area contributed by atoms with E-state index in [0.29, 0.717) is 5.92 Å². The third-order valence-corrected chi connectivity index (χ3v) is 5.60. The highest BCUT2D eigenvalue weighted by Gasteiger charge is 2.33. The first-order valence-electron chi connectivity index (χ1n) is 9.90. The molecule has 2 aliphatic rings. The van der Waals surface area contributed by atoms with Gasteiger partial charge < -0.3 is 9.84 Å². The number of nitrogens with zero attached hydrogens (tertiary/aromatic N) is 2. The van der Waals surface area contributed by atoms with Gasteiger partial charge in [-0.1, -0.05) is 30.5 Å². The molecule has 2 aromatic rings. The van der Waals surface area contributed by atoms with E-state index in [2.05, 4.69) is 15.5 Å². The molecule has 0 aliphatic heterocycles. The van der Waals surface area contributed by atoms with Crippen molar-refractivity contribution in [3.63, 3.8) is 0 Å². The normalized spacial score (nSPS) is 18.8. The Bertz CT molecular complexity index is 792. The Balaban J connectivity index is 1.47. The quantitative estimate of drug-likeness (QED) is 0.810. The standard InChI is InChI=1S/C21H25N3O3/c25-18(11-14-5-4-10-22-13-14)20(16-6-2-1-3-7-16)23-21(26)17-12-19(27-24-17)15-8-9-15/h4-5,10,12-13,15-16,20H,1-3,6-9,11H2,(H,23,26). The van der Waals surface area contributed by atoms with Gasteiger partial charge in [0.05, 0.1) is 6.04 Å². The third kappa shape index (κ3) is 4.43. The largest absolute Gasteiger partial charge is 0.360 e. The van der Waals surface area contributed by atoms with Gasteiger partial charge in [0, 0.05) is 30.8 Å². The Morgan fingerprint density at radius 3 is 2.70 bits per heavy atom. The molecule has 142 valence electrons. The number of amides is 1. The fourth-order valence-corrected chi connectivity index (χ4v) is 3.91. The first-order chi connectivity index (χ1) is 13.2. The van der Waals surface area contributed by atoms with Crippen molar-refractivity contribution in [2.75, 3.05) is 0 Å². The number of hydrogen-bond donors (Lipinski definition) is 1. The van der Waals surface area contributed by atoms with Crippen molar-refractivity contribution in [1.82, 2.24) is 15.5 Å². The molecule has 0 aromatic carbocycles. The lowest BCUT2D eigenvalue weighted by atomic mass is 9.81. The number of aromatic nitrogens is 2. The molecule has 1 amide bonds. The summed E-state index contributed by atoms with van der Waals surface area (Å²) >= 11 is 0. The highest BCUT2D eigenvalue weighted by Crippen LogP contribution is 2.40. The van der Waals surface area contributed by atoms with Crippen molar-refractivity contribution in [3.8, 4) is 0 Å². The molecular weight excluding hydrogens is 342 g/mol. The topological polar surface area (TPSA) is 85.1 Å². The minimum absolute atomic E-state index is 0.0363. The van der Waals surface area contributed by atoms with Gasteiger partial charge in [-0.3, -0.25) is 14.6 Å². The molecule has 0 spiro atoms. The molecule has 1 atom stereocenters. The predicted molar refractivity (Wildman–Crippen MR) is 99.3 cm³/mol. The van der Waals surface area contributed by atoms with Crippen LogP contribution in [0.4, 0.5) is 0 Å². The predicted octanol–water partition coefficient (Wildman–Crippen LogP) is 3.44. The maximum absolute atomic E-state index is 13.0. The minimum atomic E-state index is -0.487. The maximum atomic E-state index is 13.0. The van der Waals surface area contributed by atoms with Crippen LogP contribution < -0.4 is 5.32 Å². The highest BCUT2D eigenvalue weighted by atomic mass is 16.5. The molecule has 0 saturated heterocycles.